The lowest BCUT2D eigenvalue weighted by Crippen LogP contribution is -2.51. The van der Waals surface area contributed by atoms with E-state index in [1.165, 1.54) is 4.31 Å². The molecule has 1 aliphatic rings. The van der Waals surface area contributed by atoms with Crippen LogP contribution in [0.4, 0.5) is 4.79 Å². The number of piperidine rings is 1. The number of hydrogen-bond donors (Lipinski definition) is 0. The number of hydrogen-bond acceptors (Lipinski definition) is 4. The highest BCUT2D eigenvalue weighted by Gasteiger charge is 2.33. The lowest BCUT2D eigenvalue weighted by atomic mass is 10.1. The summed E-state index contributed by atoms with van der Waals surface area (Å²) >= 11 is 11.9. The molecule has 0 bridgehead atoms. The summed E-state index contributed by atoms with van der Waals surface area (Å²) < 4.78 is 32.4. The van der Waals surface area contributed by atoms with Crippen molar-refractivity contribution in [3.05, 3.63) is 33.8 Å². The molecular weight excluding hydrogens is 411 g/mol. The summed E-state index contributed by atoms with van der Waals surface area (Å²) in [5, 5.41) is 0.701. The maximum absolute atomic E-state index is 12.8. The van der Waals surface area contributed by atoms with Crippen LogP contribution in [0.3, 0.4) is 0 Å². The fraction of sp³-hybridized carbons (Fsp3) is 0.611. The molecule has 1 fully saturated rings. The lowest BCUT2D eigenvalue weighted by Gasteiger charge is -2.37. The van der Waals surface area contributed by atoms with E-state index in [1.807, 2.05) is 0 Å². The van der Waals surface area contributed by atoms with Crippen molar-refractivity contribution in [2.45, 2.75) is 51.0 Å². The molecule has 1 heterocycles. The first-order valence-corrected chi connectivity index (χ1v) is 11.1. The Hall–Kier alpha value is -1.02. The molecule has 0 spiro atoms. The van der Waals surface area contributed by atoms with E-state index >= 15 is 0 Å². The number of likely N-dealkylation sites (N-methyl/N-ethyl adjacent to an activating group) is 1. The number of sulfonamides is 1. The average Bonchev–Trinajstić information content (AvgIpc) is 2.56. The summed E-state index contributed by atoms with van der Waals surface area (Å²) in [6, 6.07) is 4.50. The molecule has 1 saturated heterocycles. The van der Waals surface area contributed by atoms with Crippen molar-refractivity contribution >= 4 is 39.3 Å². The van der Waals surface area contributed by atoms with Gasteiger partial charge in [0, 0.05) is 26.2 Å². The molecule has 0 aliphatic carbocycles. The highest BCUT2D eigenvalue weighted by atomic mass is 35.5. The fourth-order valence-corrected chi connectivity index (χ4v) is 4.66. The first kappa shape index (κ1) is 22.3. The first-order chi connectivity index (χ1) is 12.4. The molecular formula is C18H26Cl2N2O4S. The van der Waals surface area contributed by atoms with Gasteiger partial charge in [0.05, 0.1) is 15.8 Å². The van der Waals surface area contributed by atoms with Crippen molar-refractivity contribution in [2.75, 3.05) is 20.1 Å². The molecule has 1 aromatic rings. The van der Waals surface area contributed by atoms with Gasteiger partial charge in [-0.25, -0.2) is 13.2 Å². The molecule has 0 aromatic heterocycles. The van der Waals surface area contributed by atoms with Crippen LogP contribution in [0.15, 0.2) is 18.2 Å². The topological polar surface area (TPSA) is 66.9 Å². The fourth-order valence-electron chi connectivity index (χ4n) is 2.91. The highest BCUT2D eigenvalue weighted by Crippen LogP contribution is 2.25. The van der Waals surface area contributed by atoms with Crippen LogP contribution in [0.5, 0.6) is 0 Å². The Bertz CT molecular complexity index is 793. The van der Waals surface area contributed by atoms with E-state index in [-0.39, 0.29) is 11.8 Å². The second-order valence-corrected chi connectivity index (χ2v) is 10.6. The van der Waals surface area contributed by atoms with Crippen LogP contribution in [0, 0.1) is 0 Å². The van der Waals surface area contributed by atoms with Gasteiger partial charge in [0.15, 0.2) is 0 Å². The predicted octanol–water partition coefficient (Wildman–Crippen LogP) is 4.15. The zero-order valence-corrected chi connectivity index (χ0v) is 18.4. The van der Waals surface area contributed by atoms with Crippen molar-refractivity contribution in [3.63, 3.8) is 0 Å². The normalized spacial score (nSPS) is 18.6. The van der Waals surface area contributed by atoms with E-state index in [1.54, 1.807) is 50.9 Å². The molecule has 0 N–H and O–H groups in total. The van der Waals surface area contributed by atoms with Gasteiger partial charge in [0.25, 0.3) is 0 Å². The van der Waals surface area contributed by atoms with Crippen LogP contribution in [0.2, 0.25) is 10.0 Å². The zero-order chi connectivity index (χ0) is 20.4. The summed E-state index contributed by atoms with van der Waals surface area (Å²) in [7, 11) is -2.02. The minimum atomic E-state index is -3.57. The number of nitrogens with zero attached hydrogens (tertiary/aromatic N) is 2. The Kier molecular flexibility index (Phi) is 7.06. The summed E-state index contributed by atoms with van der Waals surface area (Å²) in [6.45, 7) is 6.29. The number of rotatable bonds is 4. The van der Waals surface area contributed by atoms with Gasteiger partial charge in [-0.3, -0.25) is 0 Å². The minimum absolute atomic E-state index is 0.177. The van der Waals surface area contributed by atoms with Gasteiger partial charge in [-0.15, -0.1) is 0 Å². The van der Waals surface area contributed by atoms with Gasteiger partial charge >= 0.3 is 6.09 Å². The van der Waals surface area contributed by atoms with Gasteiger partial charge in [0.2, 0.25) is 10.0 Å². The lowest BCUT2D eigenvalue weighted by molar-refractivity contribution is 0.0163. The van der Waals surface area contributed by atoms with E-state index in [0.717, 1.165) is 6.42 Å². The maximum atomic E-state index is 12.8. The number of halogens is 2. The van der Waals surface area contributed by atoms with Crippen LogP contribution in [-0.2, 0) is 20.5 Å². The summed E-state index contributed by atoms with van der Waals surface area (Å²) in [5.41, 5.74) is -0.0216. The quantitative estimate of drug-likeness (QED) is 0.710. The van der Waals surface area contributed by atoms with E-state index in [2.05, 4.69) is 0 Å². The molecule has 2 rings (SSSR count). The zero-order valence-electron chi connectivity index (χ0n) is 16.0. The monoisotopic (exact) mass is 436 g/mol. The number of carbonyl (C=O) groups is 1. The Balaban J connectivity index is 2.07. The number of ether oxygens (including phenoxy) is 1. The summed E-state index contributed by atoms with van der Waals surface area (Å²) in [4.78, 5) is 13.9. The molecule has 0 radical (unpaired) electrons. The van der Waals surface area contributed by atoms with Crippen LogP contribution < -0.4 is 0 Å². The van der Waals surface area contributed by atoms with Gasteiger partial charge in [-0.1, -0.05) is 29.3 Å². The van der Waals surface area contributed by atoms with Crippen molar-refractivity contribution in [1.82, 2.24) is 9.21 Å². The molecule has 1 aliphatic heterocycles. The number of carbonyl (C=O) groups excluding carboxylic acids is 1. The molecule has 6 nitrogen and oxygen atoms in total. The van der Waals surface area contributed by atoms with Crippen LogP contribution >= 0.6 is 23.2 Å². The number of amides is 1. The molecule has 1 amide bonds. The van der Waals surface area contributed by atoms with Crippen molar-refractivity contribution in [1.29, 1.82) is 0 Å². The van der Waals surface area contributed by atoms with Crippen LogP contribution in [0.1, 0.15) is 39.2 Å². The summed E-state index contributed by atoms with van der Waals surface area (Å²) in [5.74, 6) is -0.177. The maximum Gasteiger partial charge on any atom is 0.410 e. The average molecular weight is 437 g/mol. The third-order valence-corrected chi connectivity index (χ3v) is 6.95. The van der Waals surface area contributed by atoms with E-state index in [9.17, 15) is 13.2 Å². The standard InChI is InChI=1S/C18H26Cl2N2O4S/c1-18(2,3)26-17(23)22-9-5-6-14(11-22)21(4)27(24,25)12-13-7-8-15(19)16(20)10-13/h7-8,10,14H,5-6,9,11-12H2,1-4H3/t14-/m1/s1. The molecule has 152 valence electrons. The number of likely N-dealkylation sites (tertiary alicyclic amines) is 1. The van der Waals surface area contributed by atoms with Crippen molar-refractivity contribution < 1.29 is 17.9 Å². The third-order valence-electron chi connectivity index (χ3n) is 4.33. The van der Waals surface area contributed by atoms with E-state index in [0.29, 0.717) is 35.1 Å². The van der Waals surface area contributed by atoms with Crippen LogP contribution in [0.25, 0.3) is 0 Å². The Morgan fingerprint density at radius 3 is 2.56 bits per heavy atom. The molecule has 1 atom stereocenters. The van der Waals surface area contributed by atoms with Crippen molar-refractivity contribution in [3.8, 4) is 0 Å². The summed E-state index contributed by atoms with van der Waals surface area (Å²) in [6.07, 6.45) is 0.995. The van der Waals surface area contributed by atoms with E-state index in [4.69, 9.17) is 27.9 Å². The largest absolute Gasteiger partial charge is 0.444 e. The highest BCUT2D eigenvalue weighted by molar-refractivity contribution is 7.88. The number of benzene rings is 1. The van der Waals surface area contributed by atoms with Gasteiger partial charge in [-0.2, -0.15) is 4.31 Å². The van der Waals surface area contributed by atoms with E-state index < -0.39 is 21.7 Å². The molecule has 27 heavy (non-hydrogen) atoms. The predicted molar refractivity (Wildman–Crippen MR) is 108 cm³/mol. The smallest absolute Gasteiger partial charge is 0.410 e. The van der Waals surface area contributed by atoms with Gasteiger partial charge in [-0.05, 0) is 51.3 Å². The third kappa shape index (κ3) is 6.24. The second kappa shape index (κ2) is 8.55. The van der Waals surface area contributed by atoms with Crippen LogP contribution in [-0.4, -0.2) is 55.5 Å². The second-order valence-electron chi connectivity index (χ2n) is 7.74. The Morgan fingerprint density at radius 2 is 1.96 bits per heavy atom. The first-order valence-electron chi connectivity index (χ1n) is 8.76. The molecule has 9 heteroatoms. The Labute approximate surface area is 171 Å². The minimum Gasteiger partial charge on any atom is -0.444 e. The Morgan fingerprint density at radius 1 is 1.30 bits per heavy atom. The molecule has 1 aromatic carbocycles. The SMILES string of the molecule is CN([C@@H]1CCCN(C(=O)OC(C)(C)C)C1)S(=O)(=O)Cc1ccc(Cl)c(Cl)c1. The van der Waals surface area contributed by atoms with Crippen molar-refractivity contribution in [2.24, 2.45) is 0 Å². The van der Waals surface area contributed by atoms with Gasteiger partial charge < -0.3 is 9.64 Å². The molecule has 0 saturated carbocycles. The van der Waals surface area contributed by atoms with Gasteiger partial charge in [0.1, 0.15) is 5.60 Å². The molecule has 0 unspecified atom stereocenters.